The van der Waals surface area contributed by atoms with E-state index in [-0.39, 0.29) is 5.56 Å². The molecule has 0 saturated heterocycles. The molecule has 18 heavy (non-hydrogen) atoms. The van der Waals surface area contributed by atoms with Gasteiger partial charge in [-0.15, -0.1) is 0 Å². The number of hydrogen-bond donors (Lipinski definition) is 1. The lowest BCUT2D eigenvalue weighted by molar-refractivity contribution is 0.102. The third-order valence-electron chi connectivity index (χ3n) is 2.02. The molecule has 0 spiro atoms. The monoisotopic (exact) mass is 329 g/mol. The molecular weight excluding hydrogens is 324 g/mol. The zero-order valence-corrected chi connectivity index (χ0v) is 11.2. The molecule has 2 rings (SSSR count). The molecule has 2 heterocycles. The van der Waals surface area contributed by atoms with E-state index in [0.29, 0.717) is 15.3 Å². The van der Waals surface area contributed by atoms with E-state index in [9.17, 15) is 9.18 Å². The molecule has 1 amide bonds. The largest absolute Gasteiger partial charge is 0.321 e. The van der Waals surface area contributed by atoms with Crippen LogP contribution in [0.5, 0.6) is 0 Å². The van der Waals surface area contributed by atoms with E-state index >= 15 is 0 Å². The van der Waals surface area contributed by atoms with Gasteiger partial charge in [-0.2, -0.15) is 0 Å². The second-order valence-corrected chi connectivity index (χ2v) is 4.55. The van der Waals surface area contributed by atoms with Crippen LogP contribution in [-0.4, -0.2) is 15.9 Å². The number of aromatic nitrogens is 2. The molecule has 2 aromatic heterocycles. The van der Waals surface area contributed by atoms with Crippen LogP contribution in [0.25, 0.3) is 0 Å². The molecule has 7 heteroatoms. The van der Waals surface area contributed by atoms with Crippen molar-refractivity contribution in [3.63, 3.8) is 0 Å². The molecule has 2 aromatic rings. The van der Waals surface area contributed by atoms with Gasteiger partial charge in [0.1, 0.15) is 11.0 Å². The second-order valence-electron chi connectivity index (χ2n) is 3.34. The van der Waals surface area contributed by atoms with Crippen LogP contribution in [0, 0.1) is 5.82 Å². The van der Waals surface area contributed by atoms with E-state index in [1.54, 1.807) is 6.07 Å². The molecule has 0 fully saturated rings. The lowest BCUT2D eigenvalue weighted by Gasteiger charge is -2.05. The minimum Gasteiger partial charge on any atom is -0.321 e. The average molecular weight is 331 g/mol. The van der Waals surface area contributed by atoms with Crippen LogP contribution in [0.1, 0.15) is 10.4 Å². The fourth-order valence-electron chi connectivity index (χ4n) is 1.23. The van der Waals surface area contributed by atoms with Gasteiger partial charge in [0.2, 0.25) is 0 Å². The molecule has 0 unspecified atom stereocenters. The van der Waals surface area contributed by atoms with Crippen molar-refractivity contribution >= 4 is 39.1 Å². The molecule has 0 saturated carbocycles. The van der Waals surface area contributed by atoms with Gasteiger partial charge in [0.05, 0.1) is 28.1 Å². The number of halogens is 3. The third-order valence-corrected chi connectivity index (χ3v) is 3.16. The van der Waals surface area contributed by atoms with Gasteiger partial charge in [-0.25, -0.2) is 9.37 Å². The summed E-state index contributed by atoms with van der Waals surface area (Å²) in [6.07, 6.45) is 3.70. The number of nitrogens with one attached hydrogen (secondary N) is 1. The highest BCUT2D eigenvalue weighted by Gasteiger charge is 2.09. The van der Waals surface area contributed by atoms with E-state index in [2.05, 4.69) is 31.2 Å². The summed E-state index contributed by atoms with van der Waals surface area (Å²) in [4.78, 5) is 19.2. The van der Waals surface area contributed by atoms with Crippen molar-refractivity contribution in [1.82, 2.24) is 9.97 Å². The van der Waals surface area contributed by atoms with Gasteiger partial charge in [0.25, 0.3) is 5.91 Å². The Morgan fingerprint density at radius 2 is 2.11 bits per heavy atom. The van der Waals surface area contributed by atoms with Gasteiger partial charge in [-0.05, 0) is 28.1 Å². The highest BCUT2D eigenvalue weighted by atomic mass is 79.9. The third kappa shape index (κ3) is 3.02. The van der Waals surface area contributed by atoms with Gasteiger partial charge < -0.3 is 5.32 Å². The summed E-state index contributed by atoms with van der Waals surface area (Å²) < 4.78 is 13.5. The van der Waals surface area contributed by atoms with Crippen LogP contribution < -0.4 is 5.32 Å². The number of carbonyl (C=O) groups is 1. The van der Waals surface area contributed by atoms with Gasteiger partial charge in [-0.3, -0.25) is 9.78 Å². The standard InChI is InChI=1S/C11H6BrClFN3O/c12-9-2-8(5-16-10(9)13)17-11(18)6-1-7(14)4-15-3-6/h1-5H,(H,17,18). The number of rotatable bonds is 2. The summed E-state index contributed by atoms with van der Waals surface area (Å²) in [5.41, 5.74) is 0.571. The van der Waals surface area contributed by atoms with Crippen molar-refractivity contribution in [3.8, 4) is 0 Å². The maximum atomic E-state index is 12.9. The second kappa shape index (κ2) is 5.41. The Morgan fingerprint density at radius 3 is 2.78 bits per heavy atom. The zero-order valence-electron chi connectivity index (χ0n) is 8.82. The summed E-state index contributed by atoms with van der Waals surface area (Å²) in [7, 11) is 0. The summed E-state index contributed by atoms with van der Waals surface area (Å²) in [5.74, 6) is -1.05. The Labute approximate surface area is 115 Å². The van der Waals surface area contributed by atoms with Crippen LogP contribution in [0.2, 0.25) is 5.15 Å². The van der Waals surface area contributed by atoms with Crippen LogP contribution in [0.3, 0.4) is 0 Å². The maximum Gasteiger partial charge on any atom is 0.257 e. The topological polar surface area (TPSA) is 54.9 Å². The first kappa shape index (κ1) is 12.9. The molecule has 0 aromatic carbocycles. The predicted molar refractivity (Wildman–Crippen MR) is 69.1 cm³/mol. The van der Waals surface area contributed by atoms with Crippen molar-refractivity contribution in [2.75, 3.05) is 5.32 Å². The molecule has 0 atom stereocenters. The van der Waals surface area contributed by atoms with Crippen molar-refractivity contribution in [1.29, 1.82) is 0 Å². The molecule has 92 valence electrons. The summed E-state index contributed by atoms with van der Waals surface area (Å²) >= 11 is 8.91. The highest BCUT2D eigenvalue weighted by molar-refractivity contribution is 9.10. The van der Waals surface area contributed by atoms with Gasteiger partial charge in [0, 0.05) is 6.20 Å². The normalized spacial score (nSPS) is 10.2. The van der Waals surface area contributed by atoms with E-state index in [1.165, 1.54) is 12.4 Å². The van der Waals surface area contributed by atoms with E-state index < -0.39 is 11.7 Å². The van der Waals surface area contributed by atoms with Crippen LogP contribution >= 0.6 is 27.5 Å². The molecular formula is C11H6BrClFN3O. The lowest BCUT2D eigenvalue weighted by atomic mass is 10.2. The van der Waals surface area contributed by atoms with Crippen LogP contribution in [0.15, 0.2) is 35.2 Å². The fraction of sp³-hybridized carbons (Fsp3) is 0. The minimum absolute atomic E-state index is 0.126. The lowest BCUT2D eigenvalue weighted by Crippen LogP contribution is -2.12. The first-order valence-corrected chi connectivity index (χ1v) is 5.96. The first-order valence-electron chi connectivity index (χ1n) is 4.79. The molecule has 1 N–H and O–H groups in total. The number of carbonyl (C=O) groups excluding carboxylic acids is 1. The van der Waals surface area contributed by atoms with Gasteiger partial charge in [0.15, 0.2) is 0 Å². The summed E-state index contributed by atoms with van der Waals surface area (Å²) in [6.45, 7) is 0. The summed E-state index contributed by atoms with van der Waals surface area (Å²) in [5, 5.41) is 2.85. The molecule has 0 bridgehead atoms. The highest BCUT2D eigenvalue weighted by Crippen LogP contribution is 2.23. The van der Waals surface area contributed by atoms with Crippen molar-refractivity contribution < 1.29 is 9.18 Å². The molecule has 4 nitrogen and oxygen atoms in total. The predicted octanol–water partition coefficient (Wildman–Crippen LogP) is 3.28. The van der Waals surface area contributed by atoms with Crippen molar-refractivity contribution in [2.45, 2.75) is 0 Å². The number of hydrogen-bond acceptors (Lipinski definition) is 3. The van der Waals surface area contributed by atoms with Gasteiger partial charge in [-0.1, -0.05) is 11.6 Å². The van der Waals surface area contributed by atoms with Crippen molar-refractivity contribution in [3.05, 3.63) is 51.7 Å². The fourth-order valence-corrected chi connectivity index (χ4v) is 1.68. The Kier molecular flexibility index (Phi) is 3.88. The number of amides is 1. The Hall–Kier alpha value is -1.53. The van der Waals surface area contributed by atoms with Gasteiger partial charge >= 0.3 is 0 Å². The van der Waals surface area contributed by atoms with Crippen LogP contribution in [0.4, 0.5) is 10.1 Å². The van der Waals surface area contributed by atoms with Crippen molar-refractivity contribution in [2.24, 2.45) is 0 Å². The smallest absolute Gasteiger partial charge is 0.257 e. The molecule has 0 aliphatic carbocycles. The molecule has 0 radical (unpaired) electrons. The zero-order chi connectivity index (χ0) is 13.1. The Balaban J connectivity index is 2.18. The summed E-state index contributed by atoms with van der Waals surface area (Å²) in [6, 6.07) is 2.70. The van der Waals surface area contributed by atoms with E-state index in [0.717, 1.165) is 12.3 Å². The Morgan fingerprint density at radius 1 is 1.33 bits per heavy atom. The molecule has 0 aliphatic rings. The molecule has 0 aliphatic heterocycles. The quantitative estimate of drug-likeness (QED) is 0.860. The Bertz CT molecular complexity index is 609. The first-order chi connectivity index (χ1) is 8.56. The average Bonchev–Trinajstić information content (AvgIpc) is 2.34. The number of anilines is 1. The number of nitrogens with zero attached hydrogens (tertiary/aromatic N) is 2. The minimum atomic E-state index is -0.571. The van der Waals surface area contributed by atoms with Crippen LogP contribution in [-0.2, 0) is 0 Å². The van der Waals surface area contributed by atoms with E-state index in [1.807, 2.05) is 0 Å². The SMILES string of the molecule is O=C(Nc1cnc(Cl)c(Br)c1)c1cncc(F)c1. The van der Waals surface area contributed by atoms with E-state index in [4.69, 9.17) is 11.6 Å². The maximum absolute atomic E-state index is 12.9. The number of pyridine rings is 2.